The van der Waals surface area contributed by atoms with Gasteiger partial charge in [0.1, 0.15) is 0 Å². The number of nitrogens with zero attached hydrogens (tertiary/aromatic N) is 1. The van der Waals surface area contributed by atoms with Crippen LogP contribution in [0.2, 0.25) is 0 Å². The predicted octanol–water partition coefficient (Wildman–Crippen LogP) is 2.92. The zero-order chi connectivity index (χ0) is 12.0. The third-order valence-electron chi connectivity index (χ3n) is 5.58. The number of rotatable bonds is 3. The first-order valence-electron chi connectivity index (χ1n) is 7.48. The molecule has 6 unspecified atom stereocenters. The van der Waals surface area contributed by atoms with Crippen LogP contribution < -0.4 is 0 Å². The third kappa shape index (κ3) is 2.39. The molecule has 2 aliphatic carbocycles. The van der Waals surface area contributed by atoms with Gasteiger partial charge in [0.25, 0.3) is 0 Å². The molecule has 1 heterocycles. The monoisotopic (exact) mass is 237 g/mol. The molecule has 0 aromatic rings. The first kappa shape index (κ1) is 12.0. The summed E-state index contributed by atoms with van der Waals surface area (Å²) >= 11 is 0. The van der Waals surface area contributed by atoms with Crippen molar-refractivity contribution in [1.82, 2.24) is 4.90 Å². The van der Waals surface area contributed by atoms with Gasteiger partial charge in [-0.2, -0.15) is 0 Å². The van der Waals surface area contributed by atoms with E-state index in [0.717, 1.165) is 30.4 Å². The molecule has 0 amide bonds. The molecule has 0 N–H and O–H groups in total. The minimum atomic E-state index is 0.579. The molecular weight excluding hydrogens is 210 g/mol. The van der Waals surface area contributed by atoms with Crippen LogP contribution in [0.5, 0.6) is 0 Å². The maximum atomic E-state index is 6.21. The van der Waals surface area contributed by atoms with E-state index < -0.39 is 0 Å². The van der Waals surface area contributed by atoms with Crippen LogP contribution in [0.1, 0.15) is 46.0 Å². The molecule has 1 aliphatic heterocycles. The lowest BCUT2D eigenvalue weighted by Gasteiger charge is -2.29. The Labute approximate surface area is 106 Å². The summed E-state index contributed by atoms with van der Waals surface area (Å²) in [6.07, 6.45) is 7.51. The average Bonchev–Trinajstić information content (AvgIpc) is 3.02. The molecule has 3 aliphatic rings. The Morgan fingerprint density at radius 2 is 1.88 bits per heavy atom. The molecule has 0 aromatic heterocycles. The summed E-state index contributed by atoms with van der Waals surface area (Å²) in [4.78, 5) is 2.52. The second kappa shape index (κ2) is 4.55. The Bertz CT molecular complexity index is 280. The highest BCUT2D eigenvalue weighted by atomic mass is 16.5. The van der Waals surface area contributed by atoms with E-state index >= 15 is 0 Å². The van der Waals surface area contributed by atoms with E-state index in [9.17, 15) is 0 Å². The lowest BCUT2D eigenvalue weighted by molar-refractivity contribution is -0.00769. The van der Waals surface area contributed by atoms with Crippen LogP contribution >= 0.6 is 0 Å². The molecule has 17 heavy (non-hydrogen) atoms. The van der Waals surface area contributed by atoms with Crippen molar-refractivity contribution in [2.75, 3.05) is 13.7 Å². The summed E-state index contributed by atoms with van der Waals surface area (Å²) in [7, 11) is 2.26. The lowest BCUT2D eigenvalue weighted by atomic mass is 9.97. The van der Waals surface area contributed by atoms with E-state index in [2.05, 4.69) is 25.8 Å². The topological polar surface area (TPSA) is 12.5 Å². The fourth-order valence-corrected chi connectivity index (χ4v) is 4.07. The smallest absolute Gasteiger partial charge is 0.0628 e. The SMILES string of the molecule is CC1CC(C)N(C)C1COC1CCC2CC2C1. The lowest BCUT2D eigenvalue weighted by Crippen LogP contribution is -2.37. The Kier molecular flexibility index (Phi) is 3.20. The van der Waals surface area contributed by atoms with Gasteiger partial charge >= 0.3 is 0 Å². The van der Waals surface area contributed by atoms with Gasteiger partial charge in [-0.15, -0.1) is 0 Å². The fourth-order valence-electron chi connectivity index (χ4n) is 4.07. The van der Waals surface area contributed by atoms with Gasteiger partial charge < -0.3 is 4.74 Å². The molecule has 2 heteroatoms. The van der Waals surface area contributed by atoms with E-state index in [4.69, 9.17) is 4.74 Å². The Balaban J connectivity index is 1.47. The number of hydrogen-bond donors (Lipinski definition) is 0. The molecule has 3 rings (SSSR count). The largest absolute Gasteiger partial charge is 0.377 e. The van der Waals surface area contributed by atoms with Crippen LogP contribution in [0, 0.1) is 17.8 Å². The van der Waals surface area contributed by atoms with Gasteiger partial charge in [0.05, 0.1) is 12.7 Å². The number of likely N-dealkylation sites (tertiary alicyclic amines) is 1. The number of hydrogen-bond acceptors (Lipinski definition) is 2. The maximum Gasteiger partial charge on any atom is 0.0628 e. The highest BCUT2D eigenvalue weighted by Crippen LogP contribution is 2.50. The van der Waals surface area contributed by atoms with Gasteiger partial charge in [-0.25, -0.2) is 0 Å². The first-order valence-corrected chi connectivity index (χ1v) is 7.48. The Morgan fingerprint density at radius 3 is 2.53 bits per heavy atom. The molecule has 0 spiro atoms. The number of likely N-dealkylation sites (N-methyl/N-ethyl adjacent to an activating group) is 1. The summed E-state index contributed by atoms with van der Waals surface area (Å²) in [5.74, 6) is 2.92. The second-order valence-corrected chi connectivity index (χ2v) is 6.82. The summed E-state index contributed by atoms with van der Waals surface area (Å²) < 4.78 is 6.21. The summed E-state index contributed by atoms with van der Waals surface area (Å²) in [5.41, 5.74) is 0. The van der Waals surface area contributed by atoms with Crippen molar-refractivity contribution in [3.63, 3.8) is 0 Å². The van der Waals surface area contributed by atoms with Crippen LogP contribution in [0.15, 0.2) is 0 Å². The standard InChI is InChI=1S/C15H27NO/c1-10-6-11(2)16(3)15(10)9-17-14-5-4-12-7-13(12)8-14/h10-15H,4-9H2,1-3H3. The van der Waals surface area contributed by atoms with E-state index in [1.807, 2.05) is 0 Å². The third-order valence-corrected chi connectivity index (χ3v) is 5.58. The van der Waals surface area contributed by atoms with Crippen LogP contribution in [0.3, 0.4) is 0 Å². The van der Waals surface area contributed by atoms with E-state index in [1.54, 1.807) is 0 Å². The zero-order valence-electron chi connectivity index (χ0n) is 11.6. The van der Waals surface area contributed by atoms with Gasteiger partial charge in [0, 0.05) is 12.1 Å². The van der Waals surface area contributed by atoms with Gasteiger partial charge in [-0.05, 0) is 63.8 Å². The fraction of sp³-hybridized carbons (Fsp3) is 1.00. The Morgan fingerprint density at radius 1 is 1.06 bits per heavy atom. The Hall–Kier alpha value is -0.0800. The molecule has 6 atom stereocenters. The van der Waals surface area contributed by atoms with Crippen molar-refractivity contribution >= 4 is 0 Å². The maximum absolute atomic E-state index is 6.21. The molecular formula is C15H27NO. The average molecular weight is 237 g/mol. The van der Waals surface area contributed by atoms with Gasteiger partial charge in [0.2, 0.25) is 0 Å². The van der Waals surface area contributed by atoms with Crippen molar-refractivity contribution in [3.8, 4) is 0 Å². The van der Waals surface area contributed by atoms with Crippen molar-refractivity contribution < 1.29 is 4.74 Å². The van der Waals surface area contributed by atoms with E-state index in [-0.39, 0.29) is 0 Å². The molecule has 3 fully saturated rings. The first-order chi connectivity index (χ1) is 8.15. The minimum absolute atomic E-state index is 0.579. The highest BCUT2D eigenvalue weighted by molar-refractivity contribution is 4.93. The molecule has 0 radical (unpaired) electrons. The zero-order valence-corrected chi connectivity index (χ0v) is 11.6. The van der Waals surface area contributed by atoms with Crippen LogP contribution in [0.4, 0.5) is 0 Å². The van der Waals surface area contributed by atoms with Crippen LogP contribution in [-0.4, -0.2) is 36.7 Å². The normalized spacial score (nSPS) is 50.3. The summed E-state index contributed by atoms with van der Waals surface area (Å²) in [6, 6.07) is 1.39. The van der Waals surface area contributed by atoms with Crippen molar-refractivity contribution in [1.29, 1.82) is 0 Å². The van der Waals surface area contributed by atoms with Crippen LogP contribution in [0.25, 0.3) is 0 Å². The van der Waals surface area contributed by atoms with Crippen LogP contribution in [-0.2, 0) is 4.74 Å². The summed E-state index contributed by atoms with van der Waals surface area (Å²) in [6.45, 7) is 5.68. The van der Waals surface area contributed by atoms with Crippen molar-refractivity contribution in [2.45, 2.75) is 64.1 Å². The predicted molar refractivity (Wildman–Crippen MR) is 70.0 cm³/mol. The molecule has 98 valence electrons. The number of fused-ring (bicyclic) bond motifs is 1. The molecule has 0 aromatic carbocycles. The minimum Gasteiger partial charge on any atom is -0.377 e. The van der Waals surface area contributed by atoms with E-state index in [1.165, 1.54) is 32.1 Å². The second-order valence-electron chi connectivity index (χ2n) is 6.82. The number of ether oxygens (including phenoxy) is 1. The molecule has 2 nitrogen and oxygen atoms in total. The highest BCUT2D eigenvalue weighted by Gasteiger charge is 2.43. The van der Waals surface area contributed by atoms with Crippen molar-refractivity contribution in [3.05, 3.63) is 0 Å². The quantitative estimate of drug-likeness (QED) is 0.748. The molecule has 1 saturated heterocycles. The molecule has 0 bridgehead atoms. The molecule has 2 saturated carbocycles. The van der Waals surface area contributed by atoms with E-state index in [0.29, 0.717) is 12.1 Å². The summed E-state index contributed by atoms with van der Waals surface area (Å²) in [5, 5.41) is 0. The van der Waals surface area contributed by atoms with Gasteiger partial charge in [-0.3, -0.25) is 4.90 Å². The van der Waals surface area contributed by atoms with Gasteiger partial charge in [-0.1, -0.05) is 6.92 Å². The van der Waals surface area contributed by atoms with Crippen molar-refractivity contribution in [2.24, 2.45) is 17.8 Å². The van der Waals surface area contributed by atoms with Gasteiger partial charge in [0.15, 0.2) is 0 Å².